The molecule has 0 aliphatic carbocycles. The number of carbonyl (C=O) groups excluding carboxylic acids is 2. The van der Waals surface area contributed by atoms with Crippen molar-refractivity contribution in [2.45, 2.75) is 13.5 Å². The molecule has 0 saturated heterocycles. The molecule has 0 fully saturated rings. The van der Waals surface area contributed by atoms with Crippen molar-refractivity contribution in [3.8, 4) is 11.8 Å². The Bertz CT molecular complexity index is 515. The fourth-order valence-corrected chi connectivity index (χ4v) is 1.37. The SMILES string of the molecule is CC(=O)NCC(=O)NCc1cccc(C#CCO)c1. The molecule has 5 nitrogen and oxygen atoms in total. The summed E-state index contributed by atoms with van der Waals surface area (Å²) < 4.78 is 0. The van der Waals surface area contributed by atoms with E-state index in [2.05, 4.69) is 22.5 Å². The van der Waals surface area contributed by atoms with Gasteiger partial charge in [0.1, 0.15) is 6.61 Å². The van der Waals surface area contributed by atoms with Crippen LogP contribution in [0.25, 0.3) is 0 Å². The molecule has 19 heavy (non-hydrogen) atoms. The Morgan fingerprint density at radius 3 is 2.79 bits per heavy atom. The Morgan fingerprint density at radius 1 is 1.32 bits per heavy atom. The van der Waals surface area contributed by atoms with Crippen molar-refractivity contribution in [1.82, 2.24) is 10.6 Å². The van der Waals surface area contributed by atoms with Gasteiger partial charge in [0.15, 0.2) is 0 Å². The largest absolute Gasteiger partial charge is 0.384 e. The standard InChI is InChI=1S/C14H16N2O3/c1-11(18)15-10-14(19)16-9-13-5-2-4-12(8-13)6-3-7-17/h2,4-5,8,17H,7,9-10H2,1H3,(H,15,18)(H,16,19). The molecule has 1 aromatic carbocycles. The molecule has 0 aliphatic rings. The molecule has 0 bridgehead atoms. The summed E-state index contributed by atoms with van der Waals surface area (Å²) in [7, 11) is 0. The molecule has 1 aromatic rings. The van der Waals surface area contributed by atoms with Crippen molar-refractivity contribution in [1.29, 1.82) is 0 Å². The molecule has 0 radical (unpaired) electrons. The summed E-state index contributed by atoms with van der Waals surface area (Å²) in [4.78, 5) is 22.0. The zero-order valence-corrected chi connectivity index (χ0v) is 10.7. The third kappa shape index (κ3) is 6.24. The molecule has 0 heterocycles. The second kappa shape index (κ2) is 7.90. The molecule has 0 spiro atoms. The summed E-state index contributed by atoms with van der Waals surface area (Å²) in [5, 5.41) is 13.7. The summed E-state index contributed by atoms with van der Waals surface area (Å²) in [5.74, 6) is 4.87. The number of carbonyl (C=O) groups is 2. The van der Waals surface area contributed by atoms with Crippen molar-refractivity contribution in [3.63, 3.8) is 0 Å². The number of amides is 2. The number of nitrogens with one attached hydrogen (secondary N) is 2. The van der Waals surface area contributed by atoms with E-state index in [0.29, 0.717) is 6.54 Å². The molecule has 100 valence electrons. The summed E-state index contributed by atoms with van der Waals surface area (Å²) in [6, 6.07) is 7.35. The minimum Gasteiger partial charge on any atom is -0.384 e. The summed E-state index contributed by atoms with van der Waals surface area (Å²) in [5.41, 5.74) is 1.68. The van der Waals surface area contributed by atoms with Crippen LogP contribution in [0.5, 0.6) is 0 Å². The Kier molecular flexibility index (Phi) is 6.13. The van der Waals surface area contributed by atoms with Gasteiger partial charge in [0.2, 0.25) is 11.8 Å². The van der Waals surface area contributed by atoms with E-state index in [1.165, 1.54) is 6.92 Å². The molecule has 2 amide bonds. The van der Waals surface area contributed by atoms with E-state index >= 15 is 0 Å². The number of hydrogen-bond donors (Lipinski definition) is 3. The van der Waals surface area contributed by atoms with Gasteiger partial charge in [-0.15, -0.1) is 0 Å². The van der Waals surface area contributed by atoms with Crippen LogP contribution in [0.1, 0.15) is 18.1 Å². The molecule has 5 heteroatoms. The number of rotatable bonds is 4. The van der Waals surface area contributed by atoms with E-state index in [1.54, 1.807) is 0 Å². The van der Waals surface area contributed by atoms with Gasteiger partial charge in [0.05, 0.1) is 6.54 Å². The van der Waals surface area contributed by atoms with Crippen LogP contribution in [0.2, 0.25) is 0 Å². The summed E-state index contributed by atoms with van der Waals surface area (Å²) in [6.07, 6.45) is 0. The van der Waals surface area contributed by atoms with Gasteiger partial charge in [-0.25, -0.2) is 0 Å². The lowest BCUT2D eigenvalue weighted by molar-refractivity contribution is -0.125. The molecule has 0 atom stereocenters. The predicted molar refractivity (Wildman–Crippen MR) is 70.9 cm³/mol. The zero-order valence-electron chi connectivity index (χ0n) is 10.7. The quantitative estimate of drug-likeness (QED) is 0.655. The van der Waals surface area contributed by atoms with Gasteiger partial charge >= 0.3 is 0 Å². The lowest BCUT2D eigenvalue weighted by Gasteiger charge is -2.06. The molecule has 0 aromatic heterocycles. The average Bonchev–Trinajstić information content (AvgIpc) is 2.41. The second-order valence-electron chi connectivity index (χ2n) is 3.85. The first-order valence-corrected chi connectivity index (χ1v) is 5.81. The molecule has 0 aliphatic heterocycles. The van der Waals surface area contributed by atoms with Gasteiger partial charge in [-0.2, -0.15) is 0 Å². The van der Waals surface area contributed by atoms with Crippen LogP contribution in [0.15, 0.2) is 24.3 Å². The van der Waals surface area contributed by atoms with Gasteiger partial charge in [0, 0.05) is 19.0 Å². The van der Waals surface area contributed by atoms with Crippen LogP contribution in [0.4, 0.5) is 0 Å². The number of aliphatic hydroxyl groups excluding tert-OH is 1. The van der Waals surface area contributed by atoms with Gasteiger partial charge in [-0.3, -0.25) is 9.59 Å². The first-order chi connectivity index (χ1) is 9.11. The fraction of sp³-hybridized carbons (Fsp3) is 0.286. The van der Waals surface area contributed by atoms with Gasteiger partial charge in [0.25, 0.3) is 0 Å². The highest BCUT2D eigenvalue weighted by Gasteiger charge is 2.02. The predicted octanol–water partition coefficient (Wildman–Crippen LogP) is -0.217. The number of hydrogen-bond acceptors (Lipinski definition) is 3. The number of aliphatic hydroxyl groups is 1. The van der Waals surface area contributed by atoms with E-state index in [9.17, 15) is 9.59 Å². The third-order valence-corrected chi connectivity index (χ3v) is 2.23. The van der Waals surface area contributed by atoms with E-state index in [4.69, 9.17) is 5.11 Å². The lowest BCUT2D eigenvalue weighted by Crippen LogP contribution is -2.35. The highest BCUT2D eigenvalue weighted by molar-refractivity contribution is 5.83. The third-order valence-electron chi connectivity index (χ3n) is 2.23. The first-order valence-electron chi connectivity index (χ1n) is 5.81. The molecular weight excluding hydrogens is 244 g/mol. The van der Waals surface area contributed by atoms with Crippen molar-refractivity contribution in [3.05, 3.63) is 35.4 Å². The summed E-state index contributed by atoms with van der Waals surface area (Å²) in [6.45, 7) is 1.51. The fourth-order valence-electron chi connectivity index (χ4n) is 1.37. The van der Waals surface area contributed by atoms with Crippen LogP contribution in [-0.4, -0.2) is 30.1 Å². The average molecular weight is 260 g/mol. The van der Waals surface area contributed by atoms with Crippen LogP contribution < -0.4 is 10.6 Å². The Balaban J connectivity index is 2.49. The van der Waals surface area contributed by atoms with E-state index in [0.717, 1.165) is 11.1 Å². The van der Waals surface area contributed by atoms with E-state index in [1.807, 2.05) is 24.3 Å². The van der Waals surface area contributed by atoms with E-state index in [-0.39, 0.29) is 25.0 Å². The monoisotopic (exact) mass is 260 g/mol. The topological polar surface area (TPSA) is 78.4 Å². The zero-order chi connectivity index (χ0) is 14.1. The Labute approximate surface area is 112 Å². The minimum atomic E-state index is -0.248. The minimum absolute atomic E-state index is 0.0284. The molecule has 0 saturated carbocycles. The second-order valence-corrected chi connectivity index (χ2v) is 3.85. The first kappa shape index (κ1) is 14.7. The van der Waals surface area contributed by atoms with Crippen LogP contribution >= 0.6 is 0 Å². The van der Waals surface area contributed by atoms with Crippen molar-refractivity contribution >= 4 is 11.8 Å². The highest BCUT2D eigenvalue weighted by atomic mass is 16.2. The maximum absolute atomic E-state index is 11.4. The van der Waals surface area contributed by atoms with Crippen molar-refractivity contribution in [2.75, 3.05) is 13.2 Å². The smallest absolute Gasteiger partial charge is 0.239 e. The normalized spacial score (nSPS) is 9.16. The highest BCUT2D eigenvalue weighted by Crippen LogP contribution is 2.03. The lowest BCUT2D eigenvalue weighted by atomic mass is 10.1. The molecule has 3 N–H and O–H groups in total. The van der Waals surface area contributed by atoms with Crippen molar-refractivity contribution < 1.29 is 14.7 Å². The van der Waals surface area contributed by atoms with E-state index < -0.39 is 0 Å². The van der Waals surface area contributed by atoms with Gasteiger partial charge in [-0.1, -0.05) is 24.0 Å². The van der Waals surface area contributed by atoms with Gasteiger partial charge < -0.3 is 15.7 Å². The van der Waals surface area contributed by atoms with Crippen LogP contribution in [0, 0.1) is 11.8 Å². The maximum atomic E-state index is 11.4. The van der Waals surface area contributed by atoms with Crippen LogP contribution in [-0.2, 0) is 16.1 Å². The molecule has 0 unspecified atom stereocenters. The van der Waals surface area contributed by atoms with Gasteiger partial charge in [-0.05, 0) is 17.7 Å². The summed E-state index contributed by atoms with van der Waals surface area (Å²) >= 11 is 0. The van der Waals surface area contributed by atoms with Crippen molar-refractivity contribution in [2.24, 2.45) is 0 Å². The molecule has 1 rings (SSSR count). The molecular formula is C14H16N2O3. The number of benzene rings is 1. The van der Waals surface area contributed by atoms with Crippen LogP contribution in [0.3, 0.4) is 0 Å². The Morgan fingerprint density at radius 2 is 2.11 bits per heavy atom. The Hall–Kier alpha value is -2.32. The maximum Gasteiger partial charge on any atom is 0.239 e.